The van der Waals surface area contributed by atoms with Gasteiger partial charge in [0.05, 0.1) is 5.75 Å². The van der Waals surface area contributed by atoms with Crippen LogP contribution in [0.4, 0.5) is 0 Å². The van der Waals surface area contributed by atoms with Crippen LogP contribution < -0.4 is 5.32 Å². The van der Waals surface area contributed by atoms with Crippen molar-refractivity contribution in [2.24, 2.45) is 5.92 Å². The Hall–Kier alpha value is 0.160. The van der Waals surface area contributed by atoms with Gasteiger partial charge in [0.2, 0.25) is 10.0 Å². The van der Waals surface area contributed by atoms with E-state index in [0.717, 1.165) is 25.7 Å². The van der Waals surface area contributed by atoms with Gasteiger partial charge in [-0.3, -0.25) is 0 Å². The number of halogens is 1. The largest absolute Gasteiger partial charge is 0.311 e. The summed E-state index contributed by atoms with van der Waals surface area (Å²) in [6.45, 7) is 0. The fourth-order valence-electron chi connectivity index (χ4n) is 4.14. The molecule has 2 bridgehead atoms. The lowest BCUT2D eigenvalue weighted by molar-refractivity contribution is 0.250. The first-order valence-electron chi connectivity index (χ1n) is 7.76. The quantitative estimate of drug-likeness (QED) is 0.862. The van der Waals surface area contributed by atoms with Crippen molar-refractivity contribution in [1.29, 1.82) is 0 Å². The summed E-state index contributed by atoms with van der Waals surface area (Å²) in [4.78, 5) is 0. The lowest BCUT2D eigenvalue weighted by Crippen LogP contribution is -2.49. The van der Waals surface area contributed by atoms with Crippen LogP contribution in [0.2, 0.25) is 0 Å². The van der Waals surface area contributed by atoms with Crippen molar-refractivity contribution in [2.75, 3.05) is 12.8 Å². The fourth-order valence-corrected chi connectivity index (χ4v) is 5.93. The van der Waals surface area contributed by atoms with Gasteiger partial charge in [-0.25, -0.2) is 12.7 Å². The molecule has 1 aliphatic carbocycles. The Bertz CT molecular complexity index is 411. The van der Waals surface area contributed by atoms with Crippen LogP contribution in [-0.4, -0.2) is 43.6 Å². The summed E-state index contributed by atoms with van der Waals surface area (Å²) in [5.74, 6) is 0.786. The Balaban J connectivity index is 0.00000147. The van der Waals surface area contributed by atoms with Crippen LogP contribution in [0.5, 0.6) is 0 Å². The van der Waals surface area contributed by atoms with Crippen molar-refractivity contribution in [2.45, 2.75) is 69.5 Å². The van der Waals surface area contributed by atoms with E-state index in [-0.39, 0.29) is 18.4 Å². The second-order valence-electron chi connectivity index (χ2n) is 6.71. The molecular weight excluding hydrogens is 296 g/mol. The lowest BCUT2D eigenvalue weighted by atomic mass is 10.0. The smallest absolute Gasteiger partial charge is 0.214 e. The van der Waals surface area contributed by atoms with Crippen molar-refractivity contribution in [1.82, 2.24) is 9.62 Å². The molecule has 0 spiro atoms. The zero-order valence-electron chi connectivity index (χ0n) is 12.3. The molecule has 2 atom stereocenters. The van der Waals surface area contributed by atoms with E-state index in [0.29, 0.717) is 23.8 Å². The molecule has 0 amide bonds. The number of nitrogens with one attached hydrogen (secondary N) is 1. The van der Waals surface area contributed by atoms with E-state index >= 15 is 0 Å². The van der Waals surface area contributed by atoms with Gasteiger partial charge in [0.1, 0.15) is 0 Å². The number of hydrogen-bond acceptors (Lipinski definition) is 3. The van der Waals surface area contributed by atoms with Gasteiger partial charge in [-0.2, -0.15) is 0 Å². The van der Waals surface area contributed by atoms with E-state index in [2.05, 4.69) is 5.32 Å². The highest BCUT2D eigenvalue weighted by molar-refractivity contribution is 7.89. The summed E-state index contributed by atoms with van der Waals surface area (Å²) in [5.41, 5.74) is 0. The van der Waals surface area contributed by atoms with E-state index in [9.17, 15) is 8.42 Å². The van der Waals surface area contributed by atoms with Crippen LogP contribution in [0.3, 0.4) is 0 Å². The van der Waals surface area contributed by atoms with E-state index in [4.69, 9.17) is 0 Å². The van der Waals surface area contributed by atoms with Crippen LogP contribution in [0.15, 0.2) is 0 Å². The minimum atomic E-state index is -3.06. The molecule has 2 saturated heterocycles. The molecule has 4 nitrogen and oxygen atoms in total. The summed E-state index contributed by atoms with van der Waals surface area (Å²) >= 11 is 0. The van der Waals surface area contributed by atoms with Gasteiger partial charge < -0.3 is 5.32 Å². The van der Waals surface area contributed by atoms with Crippen molar-refractivity contribution >= 4 is 22.4 Å². The van der Waals surface area contributed by atoms with Gasteiger partial charge in [0, 0.05) is 25.2 Å². The summed E-state index contributed by atoms with van der Waals surface area (Å²) in [5, 5.41) is 3.58. The van der Waals surface area contributed by atoms with Crippen molar-refractivity contribution in [3.8, 4) is 0 Å². The highest BCUT2D eigenvalue weighted by Crippen LogP contribution is 2.32. The highest BCUT2D eigenvalue weighted by atomic mass is 35.5. The standard InChI is InChI=1S/C14H26N2O2S.ClH/c1-16(14-8-12-6-7-13(9-14)15-12)19(17,18)10-11-4-2-3-5-11;/h11-15H,2-10H2,1H3;1H. The molecule has 118 valence electrons. The number of sulfonamides is 1. The van der Waals surface area contributed by atoms with Crippen LogP contribution in [0.1, 0.15) is 51.4 Å². The number of piperidine rings is 1. The molecule has 0 radical (unpaired) electrons. The van der Waals surface area contributed by atoms with E-state index in [1.54, 1.807) is 11.4 Å². The molecule has 0 aromatic heterocycles. The lowest BCUT2D eigenvalue weighted by Gasteiger charge is -2.35. The Morgan fingerprint density at radius 2 is 1.60 bits per heavy atom. The molecule has 3 rings (SSSR count). The predicted octanol–water partition coefficient (Wildman–Crippen LogP) is 2.14. The summed E-state index contributed by atoms with van der Waals surface area (Å²) < 4.78 is 26.8. The SMILES string of the molecule is CN(C1CC2CCC(C1)N2)S(=O)(=O)CC1CCCC1.Cl. The third kappa shape index (κ3) is 3.49. The van der Waals surface area contributed by atoms with Gasteiger partial charge in [0.25, 0.3) is 0 Å². The van der Waals surface area contributed by atoms with Crippen LogP contribution in [-0.2, 0) is 10.0 Å². The molecule has 3 fully saturated rings. The molecule has 20 heavy (non-hydrogen) atoms. The molecule has 1 N–H and O–H groups in total. The summed E-state index contributed by atoms with van der Waals surface area (Å²) in [7, 11) is -1.25. The van der Waals surface area contributed by atoms with Crippen LogP contribution >= 0.6 is 12.4 Å². The highest BCUT2D eigenvalue weighted by Gasteiger charge is 2.38. The summed E-state index contributed by atoms with van der Waals surface area (Å²) in [6.07, 6.45) is 9.06. The molecular formula is C14H27ClN2O2S. The average molecular weight is 323 g/mol. The molecule has 1 saturated carbocycles. The molecule has 0 aromatic rings. The minimum Gasteiger partial charge on any atom is -0.311 e. The third-order valence-electron chi connectivity index (χ3n) is 5.32. The Labute approximate surface area is 129 Å². The van der Waals surface area contributed by atoms with Gasteiger partial charge in [-0.15, -0.1) is 12.4 Å². The first kappa shape index (κ1) is 16.5. The maximum absolute atomic E-state index is 12.5. The van der Waals surface area contributed by atoms with Gasteiger partial charge in [0.15, 0.2) is 0 Å². The molecule has 2 unspecified atom stereocenters. The van der Waals surface area contributed by atoms with Crippen molar-refractivity contribution < 1.29 is 8.42 Å². The summed E-state index contributed by atoms with van der Waals surface area (Å²) in [6, 6.07) is 1.32. The first-order chi connectivity index (χ1) is 9.04. The van der Waals surface area contributed by atoms with E-state index in [1.807, 2.05) is 0 Å². The number of fused-ring (bicyclic) bond motifs is 2. The topological polar surface area (TPSA) is 49.4 Å². The molecule has 3 aliphatic rings. The Morgan fingerprint density at radius 1 is 1.05 bits per heavy atom. The van der Waals surface area contributed by atoms with Gasteiger partial charge >= 0.3 is 0 Å². The average Bonchev–Trinajstić information content (AvgIpc) is 2.98. The maximum Gasteiger partial charge on any atom is 0.214 e. The normalized spacial score (nSPS) is 34.4. The van der Waals surface area contributed by atoms with E-state index in [1.165, 1.54) is 25.7 Å². The second-order valence-corrected chi connectivity index (χ2v) is 8.78. The predicted molar refractivity (Wildman–Crippen MR) is 83.7 cm³/mol. The third-order valence-corrected chi connectivity index (χ3v) is 7.39. The van der Waals surface area contributed by atoms with E-state index < -0.39 is 10.0 Å². The second kappa shape index (κ2) is 6.51. The zero-order valence-corrected chi connectivity index (χ0v) is 13.9. The monoisotopic (exact) mass is 322 g/mol. The molecule has 0 aromatic carbocycles. The fraction of sp³-hybridized carbons (Fsp3) is 1.00. The van der Waals surface area contributed by atoms with Crippen molar-refractivity contribution in [3.05, 3.63) is 0 Å². The maximum atomic E-state index is 12.5. The number of rotatable bonds is 4. The minimum absolute atomic E-state index is 0. The van der Waals surface area contributed by atoms with Crippen LogP contribution in [0, 0.1) is 5.92 Å². The van der Waals surface area contributed by atoms with Crippen molar-refractivity contribution in [3.63, 3.8) is 0 Å². The van der Waals surface area contributed by atoms with Gasteiger partial charge in [-0.05, 0) is 44.4 Å². The zero-order chi connectivity index (χ0) is 13.5. The Kier molecular flexibility index (Phi) is 5.38. The van der Waals surface area contributed by atoms with Gasteiger partial charge in [-0.1, -0.05) is 12.8 Å². The molecule has 2 heterocycles. The molecule has 6 heteroatoms. The number of hydrogen-bond donors (Lipinski definition) is 1. The molecule has 2 aliphatic heterocycles. The number of nitrogens with zero attached hydrogens (tertiary/aromatic N) is 1. The first-order valence-corrected chi connectivity index (χ1v) is 9.37. The van der Waals surface area contributed by atoms with Crippen LogP contribution in [0.25, 0.3) is 0 Å². The Morgan fingerprint density at radius 3 is 2.15 bits per heavy atom.